The smallest absolute Gasteiger partial charge is 0.261 e. The van der Waals surface area contributed by atoms with E-state index in [1.165, 1.54) is 16.8 Å². The molecule has 130 valence electrons. The Hall–Kier alpha value is -1.12. The second-order valence-electron chi connectivity index (χ2n) is 5.34. The topological polar surface area (TPSA) is 51.1 Å². The van der Waals surface area contributed by atoms with Crippen molar-refractivity contribution >= 4 is 56.4 Å². The summed E-state index contributed by atoms with van der Waals surface area (Å²) in [6, 6.07) is 3.67. The molecular weight excluding hydrogens is 412 g/mol. The summed E-state index contributed by atoms with van der Waals surface area (Å²) >= 11 is 10.0. The maximum atomic E-state index is 12.0. The SMILES string of the molecule is CCOc1cc(/C=N\N2C(=O)[C@H](C)SC2=S)c(Br)cc1OC(C)C. The first-order valence-corrected chi connectivity index (χ1v) is 9.63. The van der Waals surface area contributed by atoms with Crippen molar-refractivity contribution in [3.8, 4) is 11.5 Å². The summed E-state index contributed by atoms with van der Waals surface area (Å²) in [6.45, 7) is 8.16. The van der Waals surface area contributed by atoms with Gasteiger partial charge in [0.15, 0.2) is 15.8 Å². The molecule has 1 aliphatic heterocycles. The summed E-state index contributed by atoms with van der Waals surface area (Å²) in [5, 5.41) is 5.29. The number of nitrogens with zero attached hydrogens (tertiary/aromatic N) is 2. The van der Waals surface area contributed by atoms with Gasteiger partial charge in [-0.2, -0.15) is 10.1 Å². The van der Waals surface area contributed by atoms with Crippen LogP contribution in [-0.4, -0.2) is 39.4 Å². The molecule has 0 aliphatic carbocycles. The highest BCUT2D eigenvalue weighted by Gasteiger charge is 2.33. The van der Waals surface area contributed by atoms with E-state index in [9.17, 15) is 4.79 Å². The molecule has 1 atom stereocenters. The zero-order valence-electron chi connectivity index (χ0n) is 13.9. The highest BCUT2D eigenvalue weighted by atomic mass is 79.9. The molecule has 1 fully saturated rings. The van der Waals surface area contributed by atoms with Gasteiger partial charge in [0.2, 0.25) is 0 Å². The average molecular weight is 431 g/mol. The van der Waals surface area contributed by atoms with Crippen LogP contribution in [-0.2, 0) is 4.79 Å². The number of carbonyl (C=O) groups is 1. The Balaban J connectivity index is 2.30. The number of ether oxygens (including phenoxy) is 2. The molecule has 0 spiro atoms. The highest BCUT2D eigenvalue weighted by molar-refractivity contribution is 9.10. The molecule has 0 saturated carbocycles. The molecule has 1 aliphatic rings. The molecule has 0 aromatic heterocycles. The van der Waals surface area contributed by atoms with Crippen molar-refractivity contribution in [1.29, 1.82) is 0 Å². The van der Waals surface area contributed by atoms with Crippen LogP contribution in [0.15, 0.2) is 21.7 Å². The number of hydrazone groups is 1. The van der Waals surface area contributed by atoms with Crippen molar-refractivity contribution in [2.45, 2.75) is 39.0 Å². The fourth-order valence-corrected chi connectivity index (χ4v) is 3.74. The average Bonchev–Trinajstić information content (AvgIpc) is 2.73. The molecule has 0 unspecified atom stereocenters. The first kappa shape index (κ1) is 19.2. The Kier molecular flexibility index (Phi) is 6.65. The molecule has 0 N–H and O–H groups in total. The molecule has 24 heavy (non-hydrogen) atoms. The summed E-state index contributed by atoms with van der Waals surface area (Å²) < 4.78 is 12.7. The number of halogens is 1. The van der Waals surface area contributed by atoms with Crippen LogP contribution >= 0.6 is 39.9 Å². The van der Waals surface area contributed by atoms with Gasteiger partial charge in [0.1, 0.15) is 0 Å². The molecule has 0 radical (unpaired) electrons. The predicted molar refractivity (Wildman–Crippen MR) is 105 cm³/mol. The normalized spacial score (nSPS) is 18.1. The fourth-order valence-electron chi connectivity index (χ4n) is 2.00. The number of hydrogen-bond donors (Lipinski definition) is 0. The molecule has 8 heteroatoms. The lowest BCUT2D eigenvalue weighted by Gasteiger charge is -2.16. The maximum Gasteiger partial charge on any atom is 0.261 e. The third kappa shape index (κ3) is 4.49. The summed E-state index contributed by atoms with van der Waals surface area (Å²) in [5.74, 6) is 1.18. The third-order valence-electron chi connectivity index (χ3n) is 3.04. The van der Waals surface area contributed by atoms with E-state index in [0.29, 0.717) is 22.4 Å². The van der Waals surface area contributed by atoms with E-state index in [4.69, 9.17) is 21.7 Å². The van der Waals surface area contributed by atoms with Gasteiger partial charge >= 0.3 is 0 Å². The molecular formula is C16H19BrN2O3S2. The van der Waals surface area contributed by atoms with Gasteiger partial charge in [0.05, 0.1) is 24.2 Å². The zero-order valence-corrected chi connectivity index (χ0v) is 17.1. The minimum atomic E-state index is -0.195. The van der Waals surface area contributed by atoms with Crippen LogP contribution in [0.2, 0.25) is 0 Å². The molecule has 1 amide bonds. The van der Waals surface area contributed by atoms with Crippen LogP contribution in [0.3, 0.4) is 0 Å². The Morgan fingerprint density at radius 1 is 1.46 bits per heavy atom. The lowest BCUT2D eigenvalue weighted by molar-refractivity contribution is -0.125. The highest BCUT2D eigenvalue weighted by Crippen LogP contribution is 2.34. The lowest BCUT2D eigenvalue weighted by Crippen LogP contribution is -2.25. The quantitative estimate of drug-likeness (QED) is 0.499. The van der Waals surface area contributed by atoms with Gasteiger partial charge in [0, 0.05) is 10.0 Å². The second-order valence-corrected chi connectivity index (χ2v) is 8.17. The number of thioether (sulfide) groups is 1. The second kappa shape index (κ2) is 8.31. The molecule has 1 aromatic rings. The molecule has 1 heterocycles. The van der Waals surface area contributed by atoms with Crippen LogP contribution in [0.4, 0.5) is 0 Å². The summed E-state index contributed by atoms with van der Waals surface area (Å²) in [6.07, 6.45) is 1.63. The van der Waals surface area contributed by atoms with Gasteiger partial charge in [-0.3, -0.25) is 4.79 Å². The van der Waals surface area contributed by atoms with Gasteiger partial charge in [-0.15, -0.1) is 0 Å². The van der Waals surface area contributed by atoms with Crippen molar-refractivity contribution in [1.82, 2.24) is 5.01 Å². The summed E-state index contributed by atoms with van der Waals surface area (Å²) in [4.78, 5) is 12.0. The molecule has 5 nitrogen and oxygen atoms in total. The van der Waals surface area contributed by atoms with E-state index in [2.05, 4.69) is 21.0 Å². The number of hydrogen-bond acceptors (Lipinski definition) is 6. The van der Waals surface area contributed by atoms with Crippen LogP contribution in [0, 0.1) is 0 Å². The van der Waals surface area contributed by atoms with Gasteiger partial charge < -0.3 is 9.47 Å². The van der Waals surface area contributed by atoms with E-state index in [1.54, 1.807) is 6.21 Å². The first-order chi connectivity index (χ1) is 11.3. The predicted octanol–water partition coefficient (Wildman–Crippen LogP) is 4.22. The Bertz CT molecular complexity index is 680. The van der Waals surface area contributed by atoms with Crippen molar-refractivity contribution < 1.29 is 14.3 Å². The summed E-state index contributed by atoms with van der Waals surface area (Å²) in [7, 11) is 0. The zero-order chi connectivity index (χ0) is 17.9. The minimum absolute atomic E-state index is 0.0359. The van der Waals surface area contributed by atoms with Gasteiger partial charge in [-0.1, -0.05) is 24.0 Å². The van der Waals surface area contributed by atoms with Gasteiger partial charge in [-0.05, 0) is 55.8 Å². The van der Waals surface area contributed by atoms with Crippen LogP contribution in [0.1, 0.15) is 33.3 Å². The van der Waals surface area contributed by atoms with E-state index in [-0.39, 0.29) is 17.3 Å². The van der Waals surface area contributed by atoms with E-state index < -0.39 is 0 Å². The van der Waals surface area contributed by atoms with Gasteiger partial charge in [0.25, 0.3) is 5.91 Å². The van der Waals surface area contributed by atoms with Gasteiger partial charge in [-0.25, -0.2) is 0 Å². The van der Waals surface area contributed by atoms with Crippen molar-refractivity contribution in [3.63, 3.8) is 0 Å². The number of rotatable bonds is 6. The van der Waals surface area contributed by atoms with E-state index in [1.807, 2.05) is 39.8 Å². The van der Waals surface area contributed by atoms with Crippen LogP contribution in [0.5, 0.6) is 11.5 Å². The van der Waals surface area contributed by atoms with Crippen LogP contribution in [0.25, 0.3) is 0 Å². The standard InChI is InChI=1S/C16H19BrN2O3S2/c1-5-21-13-6-11(12(17)7-14(13)22-9(2)3)8-18-19-15(20)10(4)24-16(19)23/h6-10H,5H2,1-4H3/b18-8-/t10-/m0/s1. The summed E-state index contributed by atoms with van der Waals surface area (Å²) in [5.41, 5.74) is 0.773. The fraction of sp³-hybridized carbons (Fsp3) is 0.438. The Labute approximate surface area is 159 Å². The third-order valence-corrected chi connectivity index (χ3v) is 5.12. The lowest BCUT2D eigenvalue weighted by atomic mass is 10.2. The Morgan fingerprint density at radius 3 is 2.71 bits per heavy atom. The van der Waals surface area contributed by atoms with E-state index in [0.717, 1.165) is 10.0 Å². The maximum absolute atomic E-state index is 12.0. The number of amides is 1. The minimum Gasteiger partial charge on any atom is -0.490 e. The number of thiocarbonyl (C=S) groups is 1. The monoisotopic (exact) mass is 430 g/mol. The largest absolute Gasteiger partial charge is 0.490 e. The first-order valence-electron chi connectivity index (χ1n) is 7.55. The molecule has 1 aromatic carbocycles. The molecule has 2 rings (SSSR count). The van der Waals surface area contributed by atoms with Crippen molar-refractivity contribution in [2.24, 2.45) is 5.10 Å². The molecule has 1 saturated heterocycles. The number of benzene rings is 1. The number of carbonyl (C=O) groups excluding carboxylic acids is 1. The van der Waals surface area contributed by atoms with Crippen molar-refractivity contribution in [3.05, 3.63) is 22.2 Å². The Morgan fingerprint density at radius 2 is 2.17 bits per heavy atom. The van der Waals surface area contributed by atoms with Crippen LogP contribution < -0.4 is 9.47 Å². The van der Waals surface area contributed by atoms with E-state index >= 15 is 0 Å². The van der Waals surface area contributed by atoms with Crippen molar-refractivity contribution in [2.75, 3.05) is 6.61 Å². The molecule has 0 bridgehead atoms.